The maximum Gasteiger partial charge on any atom is 0.338 e. The Balaban J connectivity index is 2.57. The number of rotatable bonds is 3. The minimum Gasteiger partial charge on any atom is -0.463 e. The van der Waals surface area contributed by atoms with E-state index in [1.54, 1.807) is 32.8 Å². The van der Waals surface area contributed by atoms with Crippen molar-refractivity contribution in [3.05, 3.63) is 45.6 Å². The second kappa shape index (κ2) is 6.52. The van der Waals surface area contributed by atoms with Crippen LogP contribution in [0.1, 0.15) is 25.5 Å². The lowest BCUT2D eigenvalue weighted by Crippen LogP contribution is -2.47. The molecule has 0 N–H and O–H groups in total. The Kier molecular flexibility index (Phi) is 4.90. The number of benzene rings is 1. The van der Waals surface area contributed by atoms with Gasteiger partial charge in [-0.15, -0.1) is 0 Å². The van der Waals surface area contributed by atoms with Crippen LogP contribution >= 0.6 is 15.9 Å². The van der Waals surface area contributed by atoms with Crippen molar-refractivity contribution in [1.29, 1.82) is 0 Å². The minimum atomic E-state index is -0.448. The van der Waals surface area contributed by atoms with Gasteiger partial charge in [0.05, 0.1) is 18.2 Å². The standard InChI is InChI=1S/C16H19BrN2O3/c1-5-22-15(20)13-10(2)18(3)16(21)19(4)14(13)11-6-8-12(17)9-7-11/h6-9,14H,5H2,1-4H3/t14-/m1/s1. The highest BCUT2D eigenvalue weighted by atomic mass is 79.9. The van der Waals surface area contributed by atoms with E-state index < -0.39 is 6.04 Å². The predicted molar refractivity (Wildman–Crippen MR) is 87.1 cm³/mol. The van der Waals surface area contributed by atoms with Crippen molar-refractivity contribution in [2.45, 2.75) is 19.9 Å². The van der Waals surface area contributed by atoms with Crippen molar-refractivity contribution in [2.24, 2.45) is 0 Å². The first-order chi connectivity index (χ1) is 10.4. The van der Waals surface area contributed by atoms with Crippen LogP contribution in [0.15, 0.2) is 40.0 Å². The molecule has 1 aromatic rings. The molecule has 1 heterocycles. The molecule has 2 amide bonds. The van der Waals surface area contributed by atoms with Crippen molar-refractivity contribution in [3.8, 4) is 0 Å². The molecule has 1 aromatic carbocycles. The van der Waals surface area contributed by atoms with Crippen LogP contribution < -0.4 is 0 Å². The first-order valence-electron chi connectivity index (χ1n) is 7.02. The summed E-state index contributed by atoms with van der Waals surface area (Å²) in [6.07, 6.45) is 0. The van der Waals surface area contributed by atoms with E-state index in [2.05, 4.69) is 15.9 Å². The Hall–Kier alpha value is -1.82. The number of ether oxygens (including phenoxy) is 1. The van der Waals surface area contributed by atoms with Crippen molar-refractivity contribution in [1.82, 2.24) is 9.80 Å². The molecule has 0 bridgehead atoms. The largest absolute Gasteiger partial charge is 0.463 e. The van der Waals surface area contributed by atoms with Crippen LogP contribution in [0.3, 0.4) is 0 Å². The Bertz CT molecular complexity index is 625. The number of halogens is 1. The van der Waals surface area contributed by atoms with Gasteiger partial charge in [0.2, 0.25) is 0 Å². The lowest BCUT2D eigenvalue weighted by molar-refractivity contribution is -0.139. The molecule has 0 fully saturated rings. The number of hydrogen-bond acceptors (Lipinski definition) is 3. The van der Waals surface area contributed by atoms with Gasteiger partial charge in [-0.2, -0.15) is 0 Å². The average Bonchev–Trinajstić information content (AvgIpc) is 2.50. The highest BCUT2D eigenvalue weighted by molar-refractivity contribution is 9.10. The fourth-order valence-corrected chi connectivity index (χ4v) is 2.83. The fourth-order valence-electron chi connectivity index (χ4n) is 2.57. The molecule has 118 valence electrons. The first-order valence-corrected chi connectivity index (χ1v) is 7.81. The number of amides is 2. The summed E-state index contributed by atoms with van der Waals surface area (Å²) in [5.41, 5.74) is 1.98. The number of allylic oxidation sites excluding steroid dienone is 1. The number of nitrogens with zero attached hydrogens (tertiary/aromatic N) is 2. The van der Waals surface area contributed by atoms with Crippen LogP contribution in [0.2, 0.25) is 0 Å². The molecule has 0 spiro atoms. The number of carbonyl (C=O) groups is 2. The summed E-state index contributed by atoms with van der Waals surface area (Å²) in [6, 6.07) is 6.98. The number of carbonyl (C=O) groups excluding carboxylic acids is 2. The lowest BCUT2D eigenvalue weighted by Gasteiger charge is -2.39. The van der Waals surface area contributed by atoms with Crippen LogP contribution in [0.4, 0.5) is 4.79 Å². The van der Waals surface area contributed by atoms with Gasteiger partial charge in [-0.3, -0.25) is 0 Å². The zero-order valence-electron chi connectivity index (χ0n) is 13.1. The van der Waals surface area contributed by atoms with E-state index in [4.69, 9.17) is 4.74 Å². The molecule has 0 aromatic heterocycles. The van der Waals surface area contributed by atoms with E-state index in [9.17, 15) is 9.59 Å². The molecular weight excluding hydrogens is 348 g/mol. The molecule has 0 saturated carbocycles. The molecule has 1 atom stereocenters. The fraction of sp³-hybridized carbons (Fsp3) is 0.375. The van der Waals surface area contributed by atoms with Gasteiger partial charge in [-0.1, -0.05) is 28.1 Å². The van der Waals surface area contributed by atoms with Crippen LogP contribution in [-0.2, 0) is 9.53 Å². The molecule has 0 saturated heterocycles. The van der Waals surface area contributed by atoms with E-state index in [-0.39, 0.29) is 12.0 Å². The predicted octanol–water partition coefficient (Wildman–Crippen LogP) is 3.32. The van der Waals surface area contributed by atoms with Crippen LogP contribution in [-0.4, -0.2) is 42.5 Å². The maximum absolute atomic E-state index is 12.4. The summed E-state index contributed by atoms with van der Waals surface area (Å²) in [5, 5.41) is 0. The van der Waals surface area contributed by atoms with Crippen molar-refractivity contribution in [2.75, 3.05) is 20.7 Å². The van der Waals surface area contributed by atoms with Gasteiger partial charge in [0.1, 0.15) is 0 Å². The van der Waals surface area contributed by atoms with Crippen molar-refractivity contribution >= 4 is 27.9 Å². The molecule has 22 heavy (non-hydrogen) atoms. The molecule has 1 aliphatic heterocycles. The van der Waals surface area contributed by atoms with E-state index >= 15 is 0 Å². The Labute approximate surface area is 138 Å². The molecule has 5 nitrogen and oxygen atoms in total. The van der Waals surface area contributed by atoms with Gasteiger partial charge in [0, 0.05) is 24.3 Å². The lowest BCUT2D eigenvalue weighted by atomic mass is 9.94. The van der Waals surface area contributed by atoms with Crippen molar-refractivity contribution in [3.63, 3.8) is 0 Å². The number of hydrogen-bond donors (Lipinski definition) is 0. The number of esters is 1. The second-order valence-electron chi connectivity index (χ2n) is 5.13. The maximum atomic E-state index is 12.4. The summed E-state index contributed by atoms with van der Waals surface area (Å²) >= 11 is 3.39. The van der Waals surface area contributed by atoms with Crippen LogP contribution in [0.25, 0.3) is 0 Å². The quantitative estimate of drug-likeness (QED) is 0.770. The van der Waals surface area contributed by atoms with E-state index in [1.165, 1.54) is 4.90 Å². The van der Waals surface area contributed by atoms with Crippen LogP contribution in [0, 0.1) is 0 Å². The van der Waals surface area contributed by atoms with E-state index in [0.717, 1.165) is 10.0 Å². The second-order valence-corrected chi connectivity index (χ2v) is 6.04. The summed E-state index contributed by atoms with van der Waals surface area (Å²) in [7, 11) is 3.35. The normalized spacial score (nSPS) is 18.8. The number of urea groups is 1. The van der Waals surface area contributed by atoms with Gasteiger partial charge in [0.15, 0.2) is 0 Å². The van der Waals surface area contributed by atoms with Gasteiger partial charge < -0.3 is 14.5 Å². The zero-order chi connectivity index (χ0) is 16.4. The SMILES string of the molecule is CCOC(=O)C1=C(C)N(C)C(=O)N(C)[C@@H]1c1ccc(Br)cc1. The smallest absolute Gasteiger partial charge is 0.338 e. The monoisotopic (exact) mass is 366 g/mol. The highest BCUT2D eigenvalue weighted by Gasteiger charge is 2.39. The Morgan fingerprint density at radius 2 is 1.86 bits per heavy atom. The summed E-state index contributed by atoms with van der Waals surface area (Å²) in [6.45, 7) is 3.83. The molecular formula is C16H19BrN2O3. The molecule has 0 radical (unpaired) electrons. The zero-order valence-corrected chi connectivity index (χ0v) is 14.7. The van der Waals surface area contributed by atoms with Crippen LogP contribution in [0.5, 0.6) is 0 Å². The van der Waals surface area contributed by atoms with E-state index in [1.807, 2.05) is 24.3 Å². The van der Waals surface area contributed by atoms with Gasteiger partial charge in [-0.05, 0) is 31.5 Å². The van der Waals surface area contributed by atoms with Gasteiger partial charge >= 0.3 is 12.0 Å². The average molecular weight is 367 g/mol. The number of likely N-dealkylation sites (N-methyl/N-ethyl adjacent to an activating group) is 1. The highest BCUT2D eigenvalue weighted by Crippen LogP contribution is 2.36. The third-order valence-corrected chi connectivity index (χ3v) is 4.35. The Morgan fingerprint density at radius 1 is 1.27 bits per heavy atom. The Morgan fingerprint density at radius 3 is 2.41 bits per heavy atom. The first kappa shape index (κ1) is 16.5. The minimum absolute atomic E-state index is 0.154. The molecule has 0 aliphatic carbocycles. The van der Waals surface area contributed by atoms with Crippen molar-refractivity contribution < 1.29 is 14.3 Å². The summed E-state index contributed by atoms with van der Waals surface area (Å²) in [5.74, 6) is -0.390. The molecule has 2 rings (SSSR count). The summed E-state index contributed by atoms with van der Waals surface area (Å²) in [4.78, 5) is 27.8. The summed E-state index contributed by atoms with van der Waals surface area (Å²) < 4.78 is 6.13. The molecule has 0 unspecified atom stereocenters. The topological polar surface area (TPSA) is 49.9 Å². The third-order valence-electron chi connectivity index (χ3n) is 3.82. The van der Waals surface area contributed by atoms with E-state index in [0.29, 0.717) is 17.9 Å². The third kappa shape index (κ3) is 2.88. The van der Waals surface area contributed by atoms with Gasteiger partial charge in [0.25, 0.3) is 0 Å². The van der Waals surface area contributed by atoms with Gasteiger partial charge in [-0.25, -0.2) is 9.59 Å². The molecule has 6 heteroatoms. The molecule has 1 aliphatic rings.